The molecule has 6 nitrogen and oxygen atoms in total. The Morgan fingerprint density at radius 3 is 2.55 bits per heavy atom. The third-order valence-corrected chi connectivity index (χ3v) is 5.37. The molecule has 2 N–H and O–H groups in total. The zero-order chi connectivity index (χ0) is 20.9. The normalized spacial score (nSPS) is 15.6. The molecule has 0 aromatic heterocycles. The maximum absolute atomic E-state index is 11.8. The lowest BCUT2D eigenvalue weighted by molar-refractivity contribution is 0.0706. The monoisotopic (exact) mass is 438 g/mol. The molecule has 7 heteroatoms. The number of methoxy groups -OCH3 is 1. The van der Waals surface area contributed by atoms with Gasteiger partial charge in [-0.25, -0.2) is 5.48 Å². The van der Waals surface area contributed by atoms with Crippen molar-refractivity contribution in [1.29, 1.82) is 0 Å². The Morgan fingerprint density at radius 2 is 1.87 bits per heavy atom. The Balaban J connectivity index is 0.00000272. The van der Waals surface area contributed by atoms with Crippen molar-refractivity contribution in [2.45, 2.75) is 19.1 Å². The number of rotatable bonds is 5. The summed E-state index contributed by atoms with van der Waals surface area (Å²) in [7, 11) is 1.66. The second-order valence-electron chi connectivity index (χ2n) is 7.25. The van der Waals surface area contributed by atoms with E-state index in [0.29, 0.717) is 24.5 Å². The fourth-order valence-electron chi connectivity index (χ4n) is 3.74. The van der Waals surface area contributed by atoms with Crippen LogP contribution < -0.4 is 15.0 Å². The summed E-state index contributed by atoms with van der Waals surface area (Å²) in [6.07, 6.45) is 0. The Bertz CT molecular complexity index is 1010. The van der Waals surface area contributed by atoms with Gasteiger partial charge in [-0.15, -0.1) is 0 Å². The number of hydrogen-bond donors (Lipinski definition) is 2. The van der Waals surface area contributed by atoms with Gasteiger partial charge < -0.3 is 9.47 Å². The van der Waals surface area contributed by atoms with Crippen LogP contribution >= 0.6 is 13.5 Å². The van der Waals surface area contributed by atoms with Crippen LogP contribution in [0.5, 0.6) is 11.5 Å². The number of carbonyl (C=O) groups is 1. The maximum atomic E-state index is 11.8. The van der Waals surface area contributed by atoms with Crippen LogP contribution in [0.3, 0.4) is 0 Å². The molecule has 0 fully saturated rings. The molecular weight excluding hydrogens is 412 g/mol. The summed E-state index contributed by atoms with van der Waals surface area (Å²) in [4.78, 5) is 14.2. The van der Waals surface area contributed by atoms with E-state index in [4.69, 9.17) is 14.7 Å². The number of benzene rings is 3. The number of carbonyl (C=O) groups excluding carboxylic acids is 1. The average Bonchev–Trinajstić information content (AvgIpc) is 2.98. The number of nitrogens with one attached hydrogen (secondary N) is 1. The van der Waals surface area contributed by atoms with Crippen LogP contribution in [0.2, 0.25) is 0 Å². The SMILES string of the molecule is COc1ccc(CN2Cc3ccc(C(=O)NO)cc3OC[C@@H]2c2ccccc2)cc1.S. The second kappa shape index (κ2) is 10.3. The second-order valence-corrected chi connectivity index (χ2v) is 7.25. The summed E-state index contributed by atoms with van der Waals surface area (Å²) < 4.78 is 11.4. The summed E-state index contributed by atoms with van der Waals surface area (Å²) >= 11 is 0. The molecular formula is C24H26N2O4S. The minimum absolute atomic E-state index is 0. The fourth-order valence-corrected chi connectivity index (χ4v) is 3.74. The van der Waals surface area contributed by atoms with Gasteiger partial charge >= 0.3 is 0 Å². The molecule has 3 aromatic carbocycles. The third kappa shape index (κ3) is 5.19. The summed E-state index contributed by atoms with van der Waals surface area (Å²) in [6.45, 7) is 1.87. The van der Waals surface area contributed by atoms with Gasteiger partial charge in [-0.2, -0.15) is 13.5 Å². The van der Waals surface area contributed by atoms with Gasteiger partial charge in [-0.1, -0.05) is 48.5 Å². The van der Waals surface area contributed by atoms with Gasteiger partial charge in [0.05, 0.1) is 13.2 Å². The lowest BCUT2D eigenvalue weighted by Crippen LogP contribution is -2.30. The average molecular weight is 439 g/mol. The lowest BCUT2D eigenvalue weighted by atomic mass is 10.0. The van der Waals surface area contributed by atoms with Gasteiger partial charge in [-0.3, -0.25) is 14.9 Å². The van der Waals surface area contributed by atoms with Crippen LogP contribution in [0.1, 0.15) is 33.1 Å². The van der Waals surface area contributed by atoms with Crippen molar-refractivity contribution in [3.05, 3.63) is 95.1 Å². The van der Waals surface area contributed by atoms with E-state index in [0.717, 1.165) is 17.9 Å². The van der Waals surface area contributed by atoms with Crippen molar-refractivity contribution in [2.24, 2.45) is 0 Å². The zero-order valence-corrected chi connectivity index (χ0v) is 18.2. The highest BCUT2D eigenvalue weighted by Gasteiger charge is 2.27. The van der Waals surface area contributed by atoms with Gasteiger partial charge in [0.15, 0.2) is 0 Å². The van der Waals surface area contributed by atoms with Crippen molar-refractivity contribution in [1.82, 2.24) is 10.4 Å². The molecule has 0 spiro atoms. The largest absolute Gasteiger partial charge is 0.497 e. The van der Waals surface area contributed by atoms with Crippen molar-refractivity contribution in [3.8, 4) is 11.5 Å². The number of nitrogens with zero attached hydrogens (tertiary/aromatic N) is 1. The minimum Gasteiger partial charge on any atom is -0.497 e. The molecule has 1 aliphatic rings. The quantitative estimate of drug-likeness (QED) is 0.464. The molecule has 1 atom stereocenters. The first-order valence-corrected chi connectivity index (χ1v) is 9.80. The molecule has 0 saturated heterocycles. The van der Waals surface area contributed by atoms with Crippen LogP contribution in [-0.4, -0.2) is 29.7 Å². The van der Waals surface area contributed by atoms with E-state index in [1.165, 1.54) is 11.1 Å². The van der Waals surface area contributed by atoms with Crippen LogP contribution in [0, 0.1) is 0 Å². The Morgan fingerprint density at radius 1 is 1.13 bits per heavy atom. The van der Waals surface area contributed by atoms with E-state index in [1.54, 1.807) is 24.7 Å². The van der Waals surface area contributed by atoms with E-state index < -0.39 is 5.91 Å². The smallest absolute Gasteiger partial charge is 0.274 e. The number of fused-ring (bicyclic) bond motifs is 1. The maximum Gasteiger partial charge on any atom is 0.274 e. The first-order chi connectivity index (χ1) is 14.7. The standard InChI is InChI=1S/C24H24N2O4.H2S/c1-29-21-11-7-17(8-12-21)14-26-15-20-10-9-19(24(27)25-28)13-23(20)30-16-22(26)18-5-3-2-4-6-18;/h2-13,22,28H,14-16H2,1H3,(H,25,27);1H2/t22-;/m1./s1. The summed E-state index contributed by atoms with van der Waals surface area (Å²) in [5.74, 6) is 0.937. The molecule has 0 unspecified atom stereocenters. The molecule has 4 rings (SSSR count). The minimum atomic E-state index is -0.555. The van der Waals surface area contributed by atoms with Crippen LogP contribution in [0.25, 0.3) is 0 Å². The fraction of sp³-hybridized carbons (Fsp3) is 0.208. The highest BCUT2D eigenvalue weighted by atomic mass is 32.1. The van der Waals surface area contributed by atoms with E-state index in [2.05, 4.69) is 29.2 Å². The van der Waals surface area contributed by atoms with E-state index in [-0.39, 0.29) is 19.5 Å². The number of ether oxygens (including phenoxy) is 2. The predicted molar refractivity (Wildman–Crippen MR) is 123 cm³/mol. The topological polar surface area (TPSA) is 71.0 Å². The number of amides is 1. The molecule has 3 aromatic rings. The van der Waals surface area contributed by atoms with Gasteiger partial charge in [0, 0.05) is 24.2 Å². The van der Waals surface area contributed by atoms with E-state index in [1.807, 2.05) is 36.4 Å². The molecule has 0 saturated carbocycles. The third-order valence-electron chi connectivity index (χ3n) is 5.37. The van der Waals surface area contributed by atoms with Crippen LogP contribution in [-0.2, 0) is 13.1 Å². The molecule has 0 bridgehead atoms. The van der Waals surface area contributed by atoms with Crippen molar-refractivity contribution >= 4 is 19.4 Å². The summed E-state index contributed by atoms with van der Waals surface area (Å²) in [6, 6.07) is 23.7. The highest BCUT2D eigenvalue weighted by Crippen LogP contribution is 2.33. The predicted octanol–water partition coefficient (Wildman–Crippen LogP) is 4.06. The molecule has 1 aliphatic heterocycles. The highest BCUT2D eigenvalue weighted by molar-refractivity contribution is 7.59. The summed E-state index contributed by atoms with van der Waals surface area (Å²) in [5, 5.41) is 8.92. The van der Waals surface area contributed by atoms with Crippen molar-refractivity contribution in [2.75, 3.05) is 13.7 Å². The number of hydrogen-bond acceptors (Lipinski definition) is 5. The van der Waals surface area contributed by atoms with Gasteiger partial charge in [-0.05, 0) is 35.4 Å². The zero-order valence-electron chi connectivity index (χ0n) is 17.2. The number of hydroxylamine groups is 1. The van der Waals surface area contributed by atoms with Gasteiger partial charge in [0.1, 0.15) is 18.1 Å². The van der Waals surface area contributed by atoms with E-state index in [9.17, 15) is 4.79 Å². The molecule has 31 heavy (non-hydrogen) atoms. The van der Waals surface area contributed by atoms with Crippen molar-refractivity contribution < 1.29 is 19.5 Å². The van der Waals surface area contributed by atoms with Crippen molar-refractivity contribution in [3.63, 3.8) is 0 Å². The molecule has 162 valence electrons. The Labute approximate surface area is 188 Å². The Hall–Kier alpha value is -3.00. The first kappa shape index (κ1) is 22.7. The molecule has 1 amide bonds. The molecule has 0 radical (unpaired) electrons. The first-order valence-electron chi connectivity index (χ1n) is 9.80. The van der Waals surface area contributed by atoms with Crippen LogP contribution in [0.15, 0.2) is 72.8 Å². The van der Waals surface area contributed by atoms with E-state index >= 15 is 0 Å². The van der Waals surface area contributed by atoms with Gasteiger partial charge in [0.2, 0.25) is 0 Å². The van der Waals surface area contributed by atoms with Gasteiger partial charge in [0.25, 0.3) is 5.91 Å². The lowest BCUT2D eigenvalue weighted by Gasteiger charge is -2.29. The molecule has 0 aliphatic carbocycles. The summed E-state index contributed by atoms with van der Waals surface area (Å²) in [5.41, 5.74) is 5.38. The Kier molecular flexibility index (Phi) is 7.57. The van der Waals surface area contributed by atoms with Crippen LogP contribution in [0.4, 0.5) is 0 Å². The molecule has 1 heterocycles.